The summed E-state index contributed by atoms with van der Waals surface area (Å²) in [5.74, 6) is 3.02. The Morgan fingerprint density at radius 3 is 2.58 bits per heavy atom. The second-order valence-corrected chi connectivity index (χ2v) is 8.67. The quantitative estimate of drug-likeness (QED) is 0.276. The summed E-state index contributed by atoms with van der Waals surface area (Å²) in [6, 6.07) is 21.4. The van der Waals surface area contributed by atoms with Gasteiger partial charge in [-0.3, -0.25) is 4.57 Å². The van der Waals surface area contributed by atoms with Gasteiger partial charge in [0.25, 0.3) is 0 Å². The molecule has 0 fully saturated rings. The zero-order valence-electron chi connectivity index (χ0n) is 18.1. The van der Waals surface area contributed by atoms with Crippen LogP contribution in [0.25, 0.3) is 28.0 Å². The van der Waals surface area contributed by atoms with Crippen LogP contribution in [0.15, 0.2) is 78.1 Å². The second kappa shape index (κ2) is 9.21. The molecule has 0 saturated heterocycles. The maximum absolute atomic E-state index is 6.16. The smallest absolute Gasteiger partial charge is 0.173 e. The lowest BCUT2D eigenvalue weighted by Crippen LogP contribution is -2.01. The summed E-state index contributed by atoms with van der Waals surface area (Å²) >= 11 is 7.76. The van der Waals surface area contributed by atoms with E-state index < -0.39 is 0 Å². The van der Waals surface area contributed by atoms with Gasteiger partial charge in [-0.1, -0.05) is 35.5 Å². The number of imidazole rings is 2. The lowest BCUT2D eigenvalue weighted by molar-refractivity contribution is 0.404. The van der Waals surface area contributed by atoms with Gasteiger partial charge < -0.3 is 14.5 Å². The minimum absolute atomic E-state index is 0.647. The van der Waals surface area contributed by atoms with Crippen molar-refractivity contribution in [3.05, 3.63) is 83.8 Å². The van der Waals surface area contributed by atoms with Gasteiger partial charge in [-0.05, 0) is 54.6 Å². The highest BCUT2D eigenvalue weighted by Gasteiger charge is 2.19. The predicted octanol–water partition coefficient (Wildman–Crippen LogP) is 6.38. The predicted molar refractivity (Wildman–Crippen MR) is 133 cm³/mol. The van der Waals surface area contributed by atoms with E-state index in [9.17, 15) is 0 Å². The first-order valence-electron chi connectivity index (χ1n) is 10.3. The third kappa shape index (κ3) is 4.29. The lowest BCUT2D eigenvalue weighted by atomic mass is 10.1. The molecule has 0 aliphatic carbocycles. The number of halogens is 1. The van der Waals surface area contributed by atoms with Gasteiger partial charge in [-0.2, -0.15) is 0 Å². The highest BCUT2D eigenvalue weighted by Crippen LogP contribution is 2.38. The Hall–Kier alpha value is -3.42. The van der Waals surface area contributed by atoms with Crippen LogP contribution < -0.4 is 9.47 Å². The third-order valence-electron chi connectivity index (χ3n) is 5.27. The second-order valence-electron chi connectivity index (χ2n) is 7.29. The fraction of sp³-hybridized carbons (Fsp3) is 0.120. The van der Waals surface area contributed by atoms with Crippen LogP contribution in [-0.2, 0) is 5.75 Å². The van der Waals surface area contributed by atoms with Gasteiger partial charge in [-0.25, -0.2) is 9.97 Å². The van der Waals surface area contributed by atoms with E-state index in [0.29, 0.717) is 10.8 Å². The number of rotatable bonds is 7. The van der Waals surface area contributed by atoms with E-state index in [1.54, 1.807) is 26.0 Å². The maximum atomic E-state index is 6.16. The molecule has 0 aliphatic heterocycles. The molecule has 5 aromatic rings. The normalized spacial score (nSPS) is 11.1. The van der Waals surface area contributed by atoms with E-state index in [0.717, 1.165) is 50.5 Å². The molecule has 0 atom stereocenters. The summed E-state index contributed by atoms with van der Waals surface area (Å²) in [4.78, 5) is 12.8. The number of nitrogens with zero attached hydrogens (tertiary/aromatic N) is 3. The topological polar surface area (TPSA) is 65.0 Å². The summed E-state index contributed by atoms with van der Waals surface area (Å²) in [7, 11) is 3.31. The average Bonchev–Trinajstić information content (AvgIpc) is 3.46. The molecule has 166 valence electrons. The zero-order chi connectivity index (χ0) is 22.8. The van der Waals surface area contributed by atoms with Crippen LogP contribution in [0.4, 0.5) is 0 Å². The van der Waals surface area contributed by atoms with Gasteiger partial charge in [0.05, 0.1) is 42.9 Å². The minimum atomic E-state index is 0.647. The number of para-hydroxylation sites is 2. The first-order valence-corrected chi connectivity index (χ1v) is 11.6. The fourth-order valence-electron chi connectivity index (χ4n) is 3.69. The van der Waals surface area contributed by atoms with E-state index in [1.807, 2.05) is 72.9 Å². The number of hydrogen-bond donors (Lipinski definition) is 1. The molecule has 3 aromatic carbocycles. The van der Waals surface area contributed by atoms with Crippen molar-refractivity contribution >= 4 is 34.4 Å². The van der Waals surface area contributed by atoms with Crippen molar-refractivity contribution in [2.45, 2.75) is 10.9 Å². The Balaban J connectivity index is 1.57. The standard InChI is InChI=1S/C25H21ClN4O2S/c1-31-18-11-12-23(32-2)19(13-18)22-14-27-25(30(22)17-9-7-16(26)8-10-17)33-15-24-28-20-5-3-4-6-21(20)29-24/h3-14H,15H2,1-2H3,(H,28,29). The fourth-order valence-corrected chi connectivity index (χ4v) is 4.68. The van der Waals surface area contributed by atoms with Crippen molar-refractivity contribution in [2.24, 2.45) is 0 Å². The van der Waals surface area contributed by atoms with E-state index in [4.69, 9.17) is 26.1 Å². The van der Waals surface area contributed by atoms with Crippen LogP contribution in [0.2, 0.25) is 5.02 Å². The number of fused-ring (bicyclic) bond motifs is 1. The van der Waals surface area contributed by atoms with Gasteiger partial charge in [0, 0.05) is 16.3 Å². The molecule has 2 aromatic heterocycles. The summed E-state index contributed by atoms with van der Waals surface area (Å²) in [6.07, 6.45) is 1.85. The zero-order valence-corrected chi connectivity index (χ0v) is 19.7. The van der Waals surface area contributed by atoms with Crippen LogP contribution >= 0.6 is 23.4 Å². The van der Waals surface area contributed by atoms with Crippen LogP contribution in [0, 0.1) is 0 Å². The molecular formula is C25H21ClN4O2S. The van der Waals surface area contributed by atoms with Crippen LogP contribution in [0.3, 0.4) is 0 Å². The molecule has 0 saturated carbocycles. The lowest BCUT2D eigenvalue weighted by Gasteiger charge is -2.15. The number of hydrogen-bond acceptors (Lipinski definition) is 5. The molecule has 0 unspecified atom stereocenters. The van der Waals surface area contributed by atoms with Gasteiger partial charge >= 0.3 is 0 Å². The average molecular weight is 477 g/mol. The molecule has 2 heterocycles. The molecule has 8 heteroatoms. The summed E-state index contributed by atoms with van der Waals surface area (Å²) in [5.41, 5.74) is 4.70. The van der Waals surface area contributed by atoms with E-state index in [-0.39, 0.29) is 0 Å². The van der Waals surface area contributed by atoms with E-state index >= 15 is 0 Å². The summed E-state index contributed by atoms with van der Waals surface area (Å²) in [6.45, 7) is 0. The van der Waals surface area contributed by atoms with Gasteiger partial charge in [-0.15, -0.1) is 0 Å². The molecular weight excluding hydrogens is 456 g/mol. The Kier molecular flexibility index (Phi) is 5.98. The number of nitrogens with one attached hydrogen (secondary N) is 1. The Labute approximate surface area is 200 Å². The van der Waals surface area contributed by atoms with Crippen LogP contribution in [0.1, 0.15) is 5.82 Å². The van der Waals surface area contributed by atoms with Crippen molar-refractivity contribution in [2.75, 3.05) is 14.2 Å². The monoisotopic (exact) mass is 476 g/mol. The maximum Gasteiger partial charge on any atom is 0.173 e. The number of H-pyrrole nitrogens is 1. The third-order valence-corrected chi connectivity index (χ3v) is 6.49. The molecule has 0 bridgehead atoms. The van der Waals surface area contributed by atoms with Crippen molar-refractivity contribution < 1.29 is 9.47 Å². The number of ether oxygens (including phenoxy) is 2. The number of thioether (sulfide) groups is 1. The minimum Gasteiger partial charge on any atom is -0.497 e. The molecule has 0 amide bonds. The number of aromatic nitrogens is 4. The molecule has 0 radical (unpaired) electrons. The first kappa shape index (κ1) is 21.4. The number of benzene rings is 3. The van der Waals surface area contributed by atoms with Crippen molar-refractivity contribution in [1.82, 2.24) is 19.5 Å². The van der Waals surface area contributed by atoms with Crippen LogP contribution in [0.5, 0.6) is 11.5 Å². The molecule has 1 N–H and O–H groups in total. The van der Waals surface area contributed by atoms with E-state index in [2.05, 4.69) is 14.5 Å². The van der Waals surface area contributed by atoms with Crippen molar-refractivity contribution in [1.29, 1.82) is 0 Å². The van der Waals surface area contributed by atoms with Crippen molar-refractivity contribution in [3.63, 3.8) is 0 Å². The highest BCUT2D eigenvalue weighted by atomic mass is 35.5. The Bertz CT molecular complexity index is 1380. The Morgan fingerprint density at radius 2 is 1.82 bits per heavy atom. The number of methoxy groups -OCH3 is 2. The van der Waals surface area contributed by atoms with Crippen LogP contribution in [-0.4, -0.2) is 33.7 Å². The molecule has 33 heavy (non-hydrogen) atoms. The van der Waals surface area contributed by atoms with Gasteiger partial charge in [0.2, 0.25) is 0 Å². The highest BCUT2D eigenvalue weighted by molar-refractivity contribution is 7.98. The first-order chi connectivity index (χ1) is 16.2. The summed E-state index contributed by atoms with van der Waals surface area (Å²) in [5, 5.41) is 1.51. The summed E-state index contributed by atoms with van der Waals surface area (Å²) < 4.78 is 13.2. The Morgan fingerprint density at radius 1 is 1.00 bits per heavy atom. The van der Waals surface area contributed by atoms with Gasteiger partial charge in [0.15, 0.2) is 5.16 Å². The largest absolute Gasteiger partial charge is 0.497 e. The molecule has 0 spiro atoms. The number of aromatic amines is 1. The molecule has 5 rings (SSSR count). The molecule has 0 aliphatic rings. The van der Waals surface area contributed by atoms with E-state index in [1.165, 1.54) is 0 Å². The SMILES string of the molecule is COc1ccc(OC)c(-c2cnc(SCc3nc4ccccc4[nH]3)n2-c2ccc(Cl)cc2)c1. The van der Waals surface area contributed by atoms with Gasteiger partial charge in [0.1, 0.15) is 17.3 Å². The van der Waals surface area contributed by atoms with Crippen molar-refractivity contribution in [3.8, 4) is 28.4 Å². The molecule has 6 nitrogen and oxygen atoms in total.